The largest absolute Gasteiger partial charge is 0.244 e. The van der Waals surface area contributed by atoms with Crippen molar-refractivity contribution in [2.45, 2.75) is 57.4 Å². The Morgan fingerprint density at radius 3 is 2.42 bits per heavy atom. The van der Waals surface area contributed by atoms with Crippen molar-refractivity contribution in [1.82, 2.24) is 4.31 Å². The monoisotopic (exact) mass is 363 g/mol. The van der Waals surface area contributed by atoms with E-state index in [1.54, 1.807) is 15.6 Å². The van der Waals surface area contributed by atoms with Crippen LogP contribution in [-0.2, 0) is 10.0 Å². The van der Waals surface area contributed by atoms with Gasteiger partial charge < -0.3 is 0 Å². The third-order valence-corrected chi connectivity index (χ3v) is 7.93. The molecule has 0 aliphatic carbocycles. The lowest BCUT2D eigenvalue weighted by molar-refractivity contribution is 0.332. The van der Waals surface area contributed by atoms with Crippen molar-refractivity contribution in [2.24, 2.45) is 0 Å². The molecule has 1 aromatic carbocycles. The zero-order chi connectivity index (χ0) is 17.3. The van der Waals surface area contributed by atoms with Gasteiger partial charge in [0.1, 0.15) is 0 Å². The summed E-state index contributed by atoms with van der Waals surface area (Å²) in [6, 6.07) is 7.99. The second-order valence-electron chi connectivity index (χ2n) is 6.72. The zero-order valence-electron chi connectivity index (χ0n) is 14.6. The van der Waals surface area contributed by atoms with Crippen LogP contribution in [0.15, 0.2) is 34.5 Å². The molecular formula is C19H25NO2S2. The van der Waals surface area contributed by atoms with Gasteiger partial charge in [-0.3, -0.25) is 0 Å². The Bertz CT molecular complexity index is 787. The first kappa shape index (κ1) is 17.6. The van der Waals surface area contributed by atoms with Crippen LogP contribution in [0.3, 0.4) is 0 Å². The number of rotatable bonds is 3. The summed E-state index contributed by atoms with van der Waals surface area (Å²) in [5.41, 5.74) is 2.80. The molecule has 0 N–H and O–H groups in total. The number of aryl methyl sites for hydroxylation is 3. The quantitative estimate of drug-likeness (QED) is 0.771. The second-order valence-corrected chi connectivity index (χ2v) is 9.53. The second kappa shape index (κ2) is 6.98. The Morgan fingerprint density at radius 2 is 1.79 bits per heavy atom. The molecule has 1 fully saturated rings. The predicted octanol–water partition coefficient (Wildman–Crippen LogP) is 4.98. The lowest BCUT2D eigenvalue weighted by atomic mass is 10.1. The number of sulfonamides is 1. The van der Waals surface area contributed by atoms with Gasteiger partial charge in [0.25, 0.3) is 0 Å². The van der Waals surface area contributed by atoms with Crippen LogP contribution in [0.1, 0.15) is 53.3 Å². The van der Waals surface area contributed by atoms with Crippen LogP contribution in [0.4, 0.5) is 0 Å². The fourth-order valence-corrected chi connectivity index (χ4v) is 6.86. The molecule has 1 saturated heterocycles. The molecule has 0 bridgehead atoms. The van der Waals surface area contributed by atoms with E-state index >= 15 is 0 Å². The van der Waals surface area contributed by atoms with Gasteiger partial charge in [0.05, 0.1) is 10.9 Å². The van der Waals surface area contributed by atoms with Crippen molar-refractivity contribution in [3.63, 3.8) is 0 Å². The Morgan fingerprint density at radius 1 is 1.08 bits per heavy atom. The molecule has 1 atom stereocenters. The van der Waals surface area contributed by atoms with Gasteiger partial charge in [-0.2, -0.15) is 4.31 Å². The van der Waals surface area contributed by atoms with Crippen LogP contribution in [-0.4, -0.2) is 19.3 Å². The summed E-state index contributed by atoms with van der Waals surface area (Å²) in [6.45, 7) is 6.43. The summed E-state index contributed by atoms with van der Waals surface area (Å²) < 4.78 is 28.8. The molecule has 130 valence electrons. The normalized spacial score (nSPS) is 20.0. The minimum atomic E-state index is -3.50. The smallest absolute Gasteiger partial charge is 0.207 e. The fraction of sp³-hybridized carbons (Fsp3) is 0.474. The van der Waals surface area contributed by atoms with Gasteiger partial charge in [0.2, 0.25) is 10.0 Å². The third kappa shape index (κ3) is 3.30. The molecule has 3 rings (SSSR count). The summed E-state index contributed by atoms with van der Waals surface area (Å²) in [5, 5.41) is 2.04. The van der Waals surface area contributed by atoms with Crippen LogP contribution >= 0.6 is 11.3 Å². The van der Waals surface area contributed by atoms with Gasteiger partial charge in [-0.1, -0.05) is 36.6 Å². The fourth-order valence-electron chi connectivity index (χ4n) is 3.83. The highest BCUT2D eigenvalue weighted by molar-refractivity contribution is 7.89. The topological polar surface area (TPSA) is 37.4 Å². The summed E-state index contributed by atoms with van der Waals surface area (Å²) >= 11 is 1.66. The molecule has 0 spiro atoms. The van der Waals surface area contributed by atoms with Crippen molar-refractivity contribution in [1.29, 1.82) is 0 Å². The molecule has 3 nitrogen and oxygen atoms in total. The number of hydrogen-bond acceptors (Lipinski definition) is 3. The number of hydrogen-bond donors (Lipinski definition) is 0. The van der Waals surface area contributed by atoms with E-state index in [9.17, 15) is 8.42 Å². The Labute approximate surface area is 149 Å². The molecular weight excluding hydrogens is 338 g/mol. The van der Waals surface area contributed by atoms with Crippen LogP contribution in [0.2, 0.25) is 0 Å². The SMILES string of the molecule is Cc1cc(C)c(S(=O)(=O)N2CCCCC[C@H]2c2cccs2)c(C)c1. The van der Waals surface area contributed by atoms with Gasteiger partial charge in [-0.25, -0.2) is 8.42 Å². The Hall–Kier alpha value is -1.17. The standard InChI is InChI=1S/C19H25NO2S2/c1-14-12-15(2)19(16(3)13-14)24(21,22)20-10-6-4-5-8-17(20)18-9-7-11-23-18/h7,9,11-13,17H,4-6,8,10H2,1-3H3/t17-/m0/s1. The minimum absolute atomic E-state index is 0.0300. The first-order valence-corrected chi connectivity index (χ1v) is 10.9. The molecule has 1 aliphatic heterocycles. The molecule has 5 heteroatoms. The van der Waals surface area contributed by atoms with Crippen molar-refractivity contribution in [3.05, 3.63) is 51.2 Å². The van der Waals surface area contributed by atoms with Crippen molar-refractivity contribution in [3.8, 4) is 0 Å². The molecule has 0 amide bonds. The molecule has 0 unspecified atom stereocenters. The van der Waals surface area contributed by atoms with E-state index in [0.717, 1.165) is 47.3 Å². The van der Waals surface area contributed by atoms with Gasteiger partial charge >= 0.3 is 0 Å². The van der Waals surface area contributed by atoms with E-state index < -0.39 is 10.0 Å². The van der Waals surface area contributed by atoms with Gasteiger partial charge in [0.15, 0.2) is 0 Å². The molecule has 24 heavy (non-hydrogen) atoms. The maximum absolute atomic E-state index is 13.5. The average molecular weight is 364 g/mol. The van der Waals surface area contributed by atoms with E-state index in [2.05, 4.69) is 6.07 Å². The van der Waals surface area contributed by atoms with E-state index in [-0.39, 0.29) is 6.04 Å². The predicted molar refractivity (Wildman–Crippen MR) is 100 cm³/mol. The molecule has 2 aromatic rings. The Kier molecular flexibility index (Phi) is 5.13. The van der Waals surface area contributed by atoms with Crippen LogP contribution in [0.25, 0.3) is 0 Å². The molecule has 2 heterocycles. The number of nitrogens with zero attached hydrogens (tertiary/aromatic N) is 1. The first-order chi connectivity index (χ1) is 11.4. The van der Waals surface area contributed by atoms with Crippen LogP contribution < -0.4 is 0 Å². The lowest BCUT2D eigenvalue weighted by Gasteiger charge is -2.30. The zero-order valence-corrected chi connectivity index (χ0v) is 16.2. The number of benzene rings is 1. The van der Waals surface area contributed by atoms with Gasteiger partial charge in [-0.15, -0.1) is 11.3 Å². The first-order valence-electron chi connectivity index (χ1n) is 8.54. The highest BCUT2D eigenvalue weighted by Crippen LogP contribution is 2.38. The molecule has 1 aliphatic rings. The van der Waals surface area contributed by atoms with Crippen molar-refractivity contribution < 1.29 is 8.42 Å². The van der Waals surface area contributed by atoms with E-state index in [0.29, 0.717) is 11.4 Å². The summed E-state index contributed by atoms with van der Waals surface area (Å²) in [7, 11) is -3.50. The summed E-state index contributed by atoms with van der Waals surface area (Å²) in [5.74, 6) is 0. The highest BCUT2D eigenvalue weighted by Gasteiger charge is 2.35. The maximum atomic E-state index is 13.5. The van der Waals surface area contributed by atoms with E-state index in [4.69, 9.17) is 0 Å². The van der Waals surface area contributed by atoms with E-state index in [1.807, 2.05) is 44.4 Å². The molecule has 0 radical (unpaired) electrons. The minimum Gasteiger partial charge on any atom is -0.207 e. The molecule has 0 saturated carbocycles. The maximum Gasteiger partial charge on any atom is 0.244 e. The van der Waals surface area contributed by atoms with Crippen molar-refractivity contribution >= 4 is 21.4 Å². The number of thiophene rings is 1. The van der Waals surface area contributed by atoms with Crippen molar-refractivity contribution in [2.75, 3.05) is 6.54 Å². The third-order valence-electron chi connectivity index (χ3n) is 4.75. The van der Waals surface area contributed by atoms with Crippen LogP contribution in [0, 0.1) is 20.8 Å². The Balaban J connectivity index is 2.09. The van der Waals surface area contributed by atoms with Gasteiger partial charge in [0, 0.05) is 11.4 Å². The summed E-state index contributed by atoms with van der Waals surface area (Å²) in [4.78, 5) is 1.65. The lowest BCUT2D eigenvalue weighted by Crippen LogP contribution is -2.35. The molecule has 1 aromatic heterocycles. The average Bonchev–Trinajstić information content (AvgIpc) is 2.89. The van der Waals surface area contributed by atoms with Crippen LogP contribution in [0.5, 0.6) is 0 Å². The van der Waals surface area contributed by atoms with E-state index in [1.165, 1.54) is 0 Å². The summed E-state index contributed by atoms with van der Waals surface area (Å²) in [6.07, 6.45) is 4.02. The highest BCUT2D eigenvalue weighted by atomic mass is 32.2. The van der Waals surface area contributed by atoms with Gasteiger partial charge in [-0.05, 0) is 56.2 Å².